The van der Waals surface area contributed by atoms with Gasteiger partial charge < -0.3 is 10.0 Å². The first-order chi connectivity index (χ1) is 9.20. The maximum absolute atomic E-state index is 9.71. The molecule has 3 nitrogen and oxygen atoms in total. The summed E-state index contributed by atoms with van der Waals surface area (Å²) in [5.41, 5.74) is 1.83. The van der Waals surface area contributed by atoms with Gasteiger partial charge in [-0.3, -0.25) is 4.98 Å². The van der Waals surface area contributed by atoms with E-state index in [1.54, 1.807) is 11.3 Å². The Balaban J connectivity index is 1.93. The second-order valence-electron chi connectivity index (χ2n) is 4.62. The molecule has 4 heteroatoms. The summed E-state index contributed by atoms with van der Waals surface area (Å²) in [5.74, 6) is 0. The molecule has 2 aromatic heterocycles. The van der Waals surface area contributed by atoms with E-state index in [0.717, 1.165) is 24.3 Å². The van der Waals surface area contributed by atoms with Crippen molar-refractivity contribution in [1.29, 1.82) is 0 Å². The summed E-state index contributed by atoms with van der Waals surface area (Å²) in [6, 6.07) is 8.18. The van der Waals surface area contributed by atoms with Crippen molar-refractivity contribution in [2.24, 2.45) is 0 Å². The number of likely N-dealkylation sites (N-methyl/N-ethyl adjacent to an activating group) is 1. The van der Waals surface area contributed by atoms with E-state index in [2.05, 4.69) is 34.4 Å². The summed E-state index contributed by atoms with van der Waals surface area (Å²) < 4.78 is 0. The van der Waals surface area contributed by atoms with E-state index in [-0.39, 0.29) is 0 Å². The van der Waals surface area contributed by atoms with Crippen LogP contribution in [0.3, 0.4) is 0 Å². The molecule has 0 unspecified atom stereocenters. The van der Waals surface area contributed by atoms with Crippen molar-refractivity contribution in [3.63, 3.8) is 0 Å². The van der Waals surface area contributed by atoms with Gasteiger partial charge in [0.15, 0.2) is 0 Å². The fraction of sp³-hybridized carbons (Fsp3) is 0.400. The molecule has 0 aliphatic heterocycles. The number of hydrogen-bond acceptors (Lipinski definition) is 4. The molecule has 0 radical (unpaired) electrons. The minimum Gasteiger partial charge on any atom is -0.387 e. The SMILES string of the molecule is CC[C@H](O)c1ccc(N(C)CCc2cccs2)cn1. The van der Waals surface area contributed by atoms with E-state index in [9.17, 15) is 5.11 Å². The third-order valence-corrected chi connectivity index (χ3v) is 4.15. The first kappa shape index (κ1) is 14.0. The summed E-state index contributed by atoms with van der Waals surface area (Å²) in [6.45, 7) is 2.92. The van der Waals surface area contributed by atoms with Gasteiger partial charge in [-0.05, 0) is 36.4 Å². The summed E-state index contributed by atoms with van der Waals surface area (Å²) in [7, 11) is 2.07. The largest absolute Gasteiger partial charge is 0.387 e. The van der Waals surface area contributed by atoms with Crippen LogP contribution in [-0.4, -0.2) is 23.7 Å². The van der Waals surface area contributed by atoms with Gasteiger partial charge in [0, 0.05) is 18.5 Å². The lowest BCUT2D eigenvalue weighted by Gasteiger charge is -2.19. The van der Waals surface area contributed by atoms with Crippen molar-refractivity contribution in [2.75, 3.05) is 18.5 Å². The molecule has 2 heterocycles. The van der Waals surface area contributed by atoms with E-state index in [1.807, 2.05) is 25.3 Å². The lowest BCUT2D eigenvalue weighted by molar-refractivity contribution is 0.169. The molecule has 0 amide bonds. The van der Waals surface area contributed by atoms with Gasteiger partial charge in [-0.2, -0.15) is 0 Å². The average molecular weight is 276 g/mol. The number of pyridine rings is 1. The minimum absolute atomic E-state index is 0.453. The van der Waals surface area contributed by atoms with Crippen LogP contribution in [0.15, 0.2) is 35.8 Å². The Hall–Kier alpha value is -1.39. The Kier molecular flexibility index (Phi) is 4.93. The van der Waals surface area contributed by atoms with Crippen LogP contribution in [0.4, 0.5) is 5.69 Å². The summed E-state index contributed by atoms with van der Waals surface area (Å²) >= 11 is 1.79. The van der Waals surface area contributed by atoms with Gasteiger partial charge in [-0.25, -0.2) is 0 Å². The molecular weight excluding hydrogens is 256 g/mol. The van der Waals surface area contributed by atoms with Crippen LogP contribution in [0.2, 0.25) is 0 Å². The first-order valence-corrected chi connectivity index (χ1v) is 7.46. The molecule has 19 heavy (non-hydrogen) atoms. The first-order valence-electron chi connectivity index (χ1n) is 6.58. The zero-order chi connectivity index (χ0) is 13.7. The molecule has 102 valence electrons. The number of rotatable bonds is 6. The average Bonchev–Trinajstić information content (AvgIpc) is 2.97. The molecule has 0 fully saturated rings. The van der Waals surface area contributed by atoms with Crippen molar-refractivity contribution in [3.05, 3.63) is 46.4 Å². The smallest absolute Gasteiger partial charge is 0.0957 e. The topological polar surface area (TPSA) is 36.4 Å². The van der Waals surface area contributed by atoms with Crippen LogP contribution in [0.5, 0.6) is 0 Å². The van der Waals surface area contributed by atoms with Gasteiger partial charge in [0.25, 0.3) is 0 Å². The van der Waals surface area contributed by atoms with Gasteiger partial charge in [0.1, 0.15) is 0 Å². The lowest BCUT2D eigenvalue weighted by atomic mass is 10.2. The van der Waals surface area contributed by atoms with Crippen LogP contribution < -0.4 is 4.90 Å². The van der Waals surface area contributed by atoms with Crippen molar-refractivity contribution in [3.8, 4) is 0 Å². The second kappa shape index (κ2) is 6.68. The van der Waals surface area contributed by atoms with Crippen LogP contribution >= 0.6 is 11.3 Å². The van der Waals surface area contributed by atoms with E-state index in [0.29, 0.717) is 6.42 Å². The standard InChI is InChI=1S/C15H20N2OS/c1-3-15(18)14-7-6-12(11-16-14)17(2)9-8-13-5-4-10-19-13/h4-7,10-11,15,18H,3,8-9H2,1-2H3/t15-/m0/s1. The molecule has 0 aliphatic rings. The molecule has 0 saturated heterocycles. The van der Waals surface area contributed by atoms with E-state index in [4.69, 9.17) is 0 Å². The fourth-order valence-corrected chi connectivity index (χ4v) is 2.59. The van der Waals surface area contributed by atoms with E-state index < -0.39 is 6.10 Å². The Morgan fingerprint density at radius 2 is 2.21 bits per heavy atom. The third-order valence-electron chi connectivity index (χ3n) is 3.21. The molecule has 0 bridgehead atoms. The van der Waals surface area contributed by atoms with Crippen LogP contribution in [0, 0.1) is 0 Å². The van der Waals surface area contributed by atoms with Crippen LogP contribution in [0.25, 0.3) is 0 Å². The van der Waals surface area contributed by atoms with E-state index in [1.165, 1.54) is 4.88 Å². The van der Waals surface area contributed by atoms with Gasteiger partial charge in [-0.1, -0.05) is 13.0 Å². The highest BCUT2D eigenvalue weighted by Gasteiger charge is 2.07. The quantitative estimate of drug-likeness (QED) is 0.879. The zero-order valence-electron chi connectivity index (χ0n) is 11.4. The van der Waals surface area contributed by atoms with Gasteiger partial charge in [-0.15, -0.1) is 11.3 Å². The van der Waals surface area contributed by atoms with E-state index >= 15 is 0 Å². The van der Waals surface area contributed by atoms with Gasteiger partial charge in [0.2, 0.25) is 0 Å². The molecule has 1 atom stereocenters. The molecule has 0 spiro atoms. The van der Waals surface area contributed by atoms with Gasteiger partial charge >= 0.3 is 0 Å². The Labute approximate surface area is 118 Å². The Morgan fingerprint density at radius 3 is 2.79 bits per heavy atom. The number of hydrogen-bond donors (Lipinski definition) is 1. The highest BCUT2D eigenvalue weighted by molar-refractivity contribution is 7.09. The van der Waals surface area contributed by atoms with Crippen molar-refractivity contribution in [1.82, 2.24) is 4.98 Å². The summed E-state index contributed by atoms with van der Waals surface area (Å²) in [6.07, 6.45) is 3.13. The zero-order valence-corrected chi connectivity index (χ0v) is 12.2. The van der Waals surface area contributed by atoms with Crippen molar-refractivity contribution in [2.45, 2.75) is 25.9 Å². The maximum Gasteiger partial charge on any atom is 0.0957 e. The predicted octanol–water partition coefficient (Wildman–Crippen LogP) is 3.27. The number of aromatic nitrogens is 1. The molecule has 0 aromatic carbocycles. The normalized spacial score (nSPS) is 12.4. The predicted molar refractivity (Wildman–Crippen MR) is 80.8 cm³/mol. The number of anilines is 1. The monoisotopic (exact) mass is 276 g/mol. The number of aliphatic hydroxyl groups excluding tert-OH is 1. The highest BCUT2D eigenvalue weighted by atomic mass is 32.1. The molecule has 1 N–H and O–H groups in total. The van der Waals surface area contributed by atoms with Crippen molar-refractivity contribution >= 4 is 17.0 Å². The van der Waals surface area contributed by atoms with Crippen LogP contribution in [-0.2, 0) is 6.42 Å². The second-order valence-corrected chi connectivity index (χ2v) is 5.65. The number of thiophene rings is 1. The summed E-state index contributed by atoms with van der Waals surface area (Å²) in [4.78, 5) is 7.92. The lowest BCUT2D eigenvalue weighted by Crippen LogP contribution is -2.20. The Bertz CT molecular complexity index is 481. The molecule has 0 aliphatic carbocycles. The highest BCUT2D eigenvalue weighted by Crippen LogP contribution is 2.18. The third kappa shape index (κ3) is 3.78. The Morgan fingerprint density at radius 1 is 1.37 bits per heavy atom. The summed E-state index contributed by atoms with van der Waals surface area (Å²) in [5, 5.41) is 11.8. The van der Waals surface area contributed by atoms with Gasteiger partial charge in [0.05, 0.1) is 23.7 Å². The minimum atomic E-state index is -0.453. The molecule has 0 saturated carbocycles. The number of aliphatic hydroxyl groups is 1. The maximum atomic E-state index is 9.71. The van der Waals surface area contributed by atoms with Crippen molar-refractivity contribution < 1.29 is 5.11 Å². The molecule has 2 aromatic rings. The number of nitrogens with zero attached hydrogens (tertiary/aromatic N) is 2. The molecular formula is C15H20N2OS. The fourth-order valence-electron chi connectivity index (χ4n) is 1.89. The molecule has 2 rings (SSSR count). The van der Waals surface area contributed by atoms with Crippen LogP contribution in [0.1, 0.15) is 30.0 Å².